The summed E-state index contributed by atoms with van der Waals surface area (Å²) in [4.78, 5) is 2.60. The summed E-state index contributed by atoms with van der Waals surface area (Å²) in [6, 6.07) is 0.743. The summed E-state index contributed by atoms with van der Waals surface area (Å²) < 4.78 is 0. The summed E-state index contributed by atoms with van der Waals surface area (Å²) in [6.07, 6.45) is 7.52. The van der Waals surface area contributed by atoms with E-state index in [4.69, 9.17) is 0 Å². The third-order valence-corrected chi connectivity index (χ3v) is 3.49. The summed E-state index contributed by atoms with van der Waals surface area (Å²) in [7, 11) is 0. The predicted octanol–water partition coefficient (Wildman–Crippen LogP) is 2.81. The molecule has 2 nitrogen and oxygen atoms in total. The first-order valence-electron chi connectivity index (χ1n) is 6.84. The average Bonchev–Trinajstić information content (AvgIpc) is 2.29. The molecule has 0 aromatic rings. The highest BCUT2D eigenvalue weighted by Crippen LogP contribution is 2.14. The van der Waals surface area contributed by atoms with Gasteiger partial charge >= 0.3 is 0 Å². The zero-order valence-corrected chi connectivity index (χ0v) is 11.3. The van der Waals surface area contributed by atoms with Gasteiger partial charge < -0.3 is 5.32 Å². The normalized spacial score (nSPS) is 19.6. The lowest BCUT2D eigenvalue weighted by Crippen LogP contribution is -2.36. The van der Waals surface area contributed by atoms with Crippen LogP contribution in [0.1, 0.15) is 46.5 Å². The second-order valence-corrected chi connectivity index (χ2v) is 5.04. The molecule has 0 bridgehead atoms. The van der Waals surface area contributed by atoms with Crippen LogP contribution < -0.4 is 5.32 Å². The van der Waals surface area contributed by atoms with E-state index in [9.17, 15) is 0 Å². The molecule has 0 fully saturated rings. The quantitative estimate of drug-likeness (QED) is 0.528. The van der Waals surface area contributed by atoms with Crippen LogP contribution in [-0.4, -0.2) is 37.1 Å². The minimum atomic E-state index is 0.743. The Morgan fingerprint density at radius 2 is 2.25 bits per heavy atom. The van der Waals surface area contributed by atoms with Crippen molar-refractivity contribution >= 4 is 0 Å². The van der Waals surface area contributed by atoms with Crippen molar-refractivity contribution in [2.75, 3.05) is 26.2 Å². The highest BCUT2D eigenvalue weighted by atomic mass is 15.1. The van der Waals surface area contributed by atoms with Gasteiger partial charge in [0.25, 0.3) is 0 Å². The van der Waals surface area contributed by atoms with Crippen molar-refractivity contribution in [1.29, 1.82) is 0 Å². The standard InChI is InChI=1S/C14H28N2/c1-4-9-15-10-5-6-14(3)16-11-7-13(2)8-12-16/h7,14-15H,4-6,8-12H2,1-3H3. The molecule has 1 unspecified atom stereocenters. The fourth-order valence-electron chi connectivity index (χ4n) is 2.19. The Bertz CT molecular complexity index is 211. The summed E-state index contributed by atoms with van der Waals surface area (Å²) in [5.74, 6) is 0. The predicted molar refractivity (Wildman–Crippen MR) is 71.8 cm³/mol. The van der Waals surface area contributed by atoms with Crippen molar-refractivity contribution in [3.05, 3.63) is 11.6 Å². The van der Waals surface area contributed by atoms with Crippen molar-refractivity contribution in [2.45, 2.75) is 52.5 Å². The molecule has 2 heteroatoms. The summed E-state index contributed by atoms with van der Waals surface area (Å²) >= 11 is 0. The van der Waals surface area contributed by atoms with E-state index < -0.39 is 0 Å². The molecule has 16 heavy (non-hydrogen) atoms. The van der Waals surface area contributed by atoms with E-state index in [1.807, 2.05) is 0 Å². The van der Waals surface area contributed by atoms with Gasteiger partial charge in [-0.2, -0.15) is 0 Å². The molecule has 1 aliphatic heterocycles. The van der Waals surface area contributed by atoms with E-state index in [2.05, 4.69) is 37.1 Å². The molecular formula is C14H28N2. The van der Waals surface area contributed by atoms with Crippen LogP contribution in [0.15, 0.2) is 11.6 Å². The minimum Gasteiger partial charge on any atom is -0.317 e. The van der Waals surface area contributed by atoms with Gasteiger partial charge in [-0.25, -0.2) is 0 Å². The number of hydrogen-bond donors (Lipinski definition) is 1. The SMILES string of the molecule is CCCNCCCC(C)N1CC=C(C)CC1. The van der Waals surface area contributed by atoms with Crippen LogP contribution in [0.5, 0.6) is 0 Å². The average molecular weight is 224 g/mol. The highest BCUT2D eigenvalue weighted by Gasteiger charge is 2.15. The number of rotatable bonds is 7. The van der Waals surface area contributed by atoms with E-state index in [0.29, 0.717) is 0 Å². The highest BCUT2D eigenvalue weighted by molar-refractivity contribution is 5.04. The van der Waals surface area contributed by atoms with Crippen LogP contribution in [0, 0.1) is 0 Å². The van der Waals surface area contributed by atoms with Crippen LogP contribution in [-0.2, 0) is 0 Å². The van der Waals surface area contributed by atoms with Gasteiger partial charge in [0.1, 0.15) is 0 Å². The maximum Gasteiger partial charge on any atom is 0.0168 e. The molecular weight excluding hydrogens is 196 g/mol. The van der Waals surface area contributed by atoms with Crippen molar-refractivity contribution < 1.29 is 0 Å². The van der Waals surface area contributed by atoms with Crippen molar-refractivity contribution in [2.24, 2.45) is 0 Å². The number of nitrogens with zero attached hydrogens (tertiary/aromatic N) is 1. The molecule has 1 heterocycles. The van der Waals surface area contributed by atoms with Gasteiger partial charge in [0, 0.05) is 19.1 Å². The Balaban J connectivity index is 2.08. The molecule has 0 spiro atoms. The second-order valence-electron chi connectivity index (χ2n) is 5.04. The van der Waals surface area contributed by atoms with Crippen LogP contribution in [0.25, 0.3) is 0 Å². The molecule has 1 rings (SSSR count). The molecule has 1 aliphatic rings. The molecule has 0 saturated heterocycles. The Kier molecular flexibility index (Phi) is 6.74. The number of hydrogen-bond acceptors (Lipinski definition) is 2. The largest absolute Gasteiger partial charge is 0.317 e. The van der Waals surface area contributed by atoms with E-state index >= 15 is 0 Å². The van der Waals surface area contributed by atoms with Crippen molar-refractivity contribution in [1.82, 2.24) is 10.2 Å². The zero-order chi connectivity index (χ0) is 11.8. The minimum absolute atomic E-state index is 0.743. The second kappa shape index (κ2) is 7.86. The molecule has 94 valence electrons. The maximum atomic E-state index is 3.47. The number of nitrogens with one attached hydrogen (secondary N) is 1. The topological polar surface area (TPSA) is 15.3 Å². The molecule has 1 N–H and O–H groups in total. The molecule has 0 aliphatic carbocycles. The molecule has 0 aromatic carbocycles. The van der Waals surface area contributed by atoms with Crippen LogP contribution in [0.3, 0.4) is 0 Å². The summed E-state index contributed by atoms with van der Waals surface area (Å²) in [5.41, 5.74) is 1.56. The summed E-state index contributed by atoms with van der Waals surface area (Å²) in [5, 5.41) is 3.47. The van der Waals surface area contributed by atoms with E-state index in [-0.39, 0.29) is 0 Å². The first kappa shape index (κ1) is 13.7. The van der Waals surface area contributed by atoms with E-state index in [1.165, 1.54) is 45.3 Å². The fourth-order valence-corrected chi connectivity index (χ4v) is 2.19. The Morgan fingerprint density at radius 1 is 1.44 bits per heavy atom. The Morgan fingerprint density at radius 3 is 2.88 bits per heavy atom. The van der Waals surface area contributed by atoms with Gasteiger partial charge in [0.15, 0.2) is 0 Å². The van der Waals surface area contributed by atoms with Crippen LogP contribution in [0.4, 0.5) is 0 Å². The van der Waals surface area contributed by atoms with Gasteiger partial charge in [0.05, 0.1) is 0 Å². The zero-order valence-electron chi connectivity index (χ0n) is 11.3. The smallest absolute Gasteiger partial charge is 0.0168 e. The molecule has 0 aromatic heterocycles. The maximum absolute atomic E-state index is 3.47. The molecule has 0 saturated carbocycles. The van der Waals surface area contributed by atoms with Crippen LogP contribution in [0.2, 0.25) is 0 Å². The van der Waals surface area contributed by atoms with Gasteiger partial charge in [-0.15, -0.1) is 0 Å². The Hall–Kier alpha value is -0.340. The third kappa shape index (κ3) is 5.13. The van der Waals surface area contributed by atoms with Gasteiger partial charge in [-0.3, -0.25) is 4.90 Å². The molecule has 0 radical (unpaired) electrons. The van der Waals surface area contributed by atoms with Crippen LogP contribution >= 0.6 is 0 Å². The third-order valence-electron chi connectivity index (χ3n) is 3.49. The molecule has 0 amide bonds. The van der Waals surface area contributed by atoms with Gasteiger partial charge in [0.2, 0.25) is 0 Å². The summed E-state index contributed by atoms with van der Waals surface area (Å²) in [6.45, 7) is 11.6. The fraction of sp³-hybridized carbons (Fsp3) is 0.857. The Labute approximate surface area is 101 Å². The lowest BCUT2D eigenvalue weighted by atomic mass is 10.1. The lowest BCUT2D eigenvalue weighted by Gasteiger charge is -2.31. The van der Waals surface area contributed by atoms with E-state index in [0.717, 1.165) is 12.6 Å². The van der Waals surface area contributed by atoms with Crippen molar-refractivity contribution in [3.8, 4) is 0 Å². The first-order valence-corrected chi connectivity index (χ1v) is 6.84. The molecule has 1 atom stereocenters. The van der Waals surface area contributed by atoms with Gasteiger partial charge in [-0.1, -0.05) is 18.6 Å². The van der Waals surface area contributed by atoms with Crippen molar-refractivity contribution in [3.63, 3.8) is 0 Å². The monoisotopic (exact) mass is 224 g/mol. The lowest BCUT2D eigenvalue weighted by molar-refractivity contribution is 0.212. The van der Waals surface area contributed by atoms with E-state index in [1.54, 1.807) is 5.57 Å². The first-order chi connectivity index (χ1) is 7.74. The van der Waals surface area contributed by atoms with Gasteiger partial charge in [-0.05, 0) is 52.6 Å².